The van der Waals surface area contributed by atoms with Gasteiger partial charge in [0.15, 0.2) is 0 Å². The van der Waals surface area contributed by atoms with Crippen molar-refractivity contribution in [1.29, 1.82) is 0 Å². The zero-order valence-electron chi connectivity index (χ0n) is 16.1. The number of nitrogens with one attached hydrogen (secondary N) is 2. The largest absolute Gasteiger partial charge is 0.355 e. The molecule has 0 atom stereocenters. The Morgan fingerprint density at radius 2 is 0.821 bits per heavy atom. The highest BCUT2D eigenvalue weighted by atomic mass is 14.7. The Labute approximate surface area is 163 Å². The van der Waals surface area contributed by atoms with Crippen LogP contribution in [0.2, 0.25) is 0 Å². The van der Waals surface area contributed by atoms with Crippen LogP contribution in [-0.2, 0) is 0 Å². The van der Waals surface area contributed by atoms with Crippen LogP contribution in [0.5, 0.6) is 0 Å². The fraction of sp³-hybridized carbons (Fsp3) is 0.0769. The molecule has 0 spiro atoms. The number of aromatic amines is 2. The van der Waals surface area contributed by atoms with Crippen molar-refractivity contribution in [2.45, 2.75) is 13.8 Å². The Morgan fingerprint density at radius 1 is 0.429 bits per heavy atom. The van der Waals surface area contributed by atoms with Crippen molar-refractivity contribution in [3.05, 3.63) is 84.9 Å². The quantitative estimate of drug-likeness (QED) is 0.301. The van der Waals surface area contributed by atoms with E-state index in [2.05, 4.69) is 94.9 Å². The number of rotatable bonds is 1. The Bertz CT molecular complexity index is 1320. The molecule has 0 fully saturated rings. The summed E-state index contributed by atoms with van der Waals surface area (Å²) in [5, 5.41) is 5.10. The molecule has 6 aromatic rings. The van der Waals surface area contributed by atoms with Crippen molar-refractivity contribution >= 4 is 43.6 Å². The minimum atomic E-state index is 1.18. The maximum atomic E-state index is 3.50. The van der Waals surface area contributed by atoms with Crippen LogP contribution >= 0.6 is 0 Å². The lowest BCUT2D eigenvalue weighted by Gasteiger charge is -2.03. The lowest BCUT2D eigenvalue weighted by molar-refractivity contribution is 1.50. The Hall–Kier alpha value is -3.52. The summed E-state index contributed by atoms with van der Waals surface area (Å²) in [5.41, 5.74) is 7.23. The first-order chi connectivity index (χ1) is 13.9. The second-order valence-electron chi connectivity index (χ2n) is 6.86. The van der Waals surface area contributed by atoms with Gasteiger partial charge in [-0.3, -0.25) is 0 Å². The zero-order chi connectivity index (χ0) is 19.1. The molecule has 0 unspecified atom stereocenters. The maximum absolute atomic E-state index is 3.50. The molecule has 2 nitrogen and oxygen atoms in total. The summed E-state index contributed by atoms with van der Waals surface area (Å²) in [6.07, 6.45) is 0. The molecule has 2 N–H and O–H groups in total. The molecule has 2 heteroatoms. The summed E-state index contributed by atoms with van der Waals surface area (Å²) in [6.45, 7) is 4.00. The third-order valence-electron chi connectivity index (χ3n) is 5.35. The van der Waals surface area contributed by atoms with Crippen LogP contribution in [0.1, 0.15) is 13.8 Å². The third-order valence-corrected chi connectivity index (χ3v) is 5.35. The average molecular weight is 362 g/mol. The van der Waals surface area contributed by atoms with Gasteiger partial charge >= 0.3 is 0 Å². The van der Waals surface area contributed by atoms with Gasteiger partial charge in [-0.1, -0.05) is 62.4 Å². The molecule has 28 heavy (non-hydrogen) atoms. The second kappa shape index (κ2) is 6.58. The molecular formula is C26H22N2. The Kier molecular flexibility index (Phi) is 3.91. The first-order valence-electron chi connectivity index (χ1n) is 9.88. The first kappa shape index (κ1) is 16.6. The number of benzene rings is 4. The SMILES string of the molecule is CC.c1ccc2c(c1)[nH]c1ccc(-c3ccc4[nH]c5ccccc5c4c3)cc12. The molecule has 0 amide bonds. The van der Waals surface area contributed by atoms with Gasteiger partial charge in [-0.15, -0.1) is 0 Å². The summed E-state index contributed by atoms with van der Waals surface area (Å²) in [4.78, 5) is 7.00. The Balaban J connectivity index is 0.000000829. The van der Waals surface area contributed by atoms with Crippen molar-refractivity contribution in [1.82, 2.24) is 9.97 Å². The van der Waals surface area contributed by atoms with E-state index in [4.69, 9.17) is 0 Å². The number of aromatic nitrogens is 2. The summed E-state index contributed by atoms with van der Waals surface area (Å²) in [5.74, 6) is 0. The number of hydrogen-bond donors (Lipinski definition) is 2. The van der Waals surface area contributed by atoms with Gasteiger partial charge in [0.2, 0.25) is 0 Å². The van der Waals surface area contributed by atoms with E-state index >= 15 is 0 Å². The molecule has 4 aromatic carbocycles. The van der Waals surface area contributed by atoms with Crippen molar-refractivity contribution in [3.8, 4) is 11.1 Å². The van der Waals surface area contributed by atoms with Crippen molar-refractivity contribution < 1.29 is 0 Å². The monoisotopic (exact) mass is 362 g/mol. The molecule has 136 valence electrons. The predicted molar refractivity (Wildman–Crippen MR) is 122 cm³/mol. The molecule has 0 aliphatic heterocycles. The summed E-state index contributed by atoms with van der Waals surface area (Å²) in [6, 6.07) is 30.3. The minimum absolute atomic E-state index is 1.18. The highest BCUT2D eigenvalue weighted by Crippen LogP contribution is 2.33. The fourth-order valence-electron chi connectivity index (χ4n) is 4.06. The normalized spacial score (nSPS) is 11.2. The van der Waals surface area contributed by atoms with E-state index in [1.165, 1.54) is 54.7 Å². The van der Waals surface area contributed by atoms with Gasteiger partial charge in [-0.25, -0.2) is 0 Å². The van der Waals surface area contributed by atoms with Crippen LogP contribution in [0.4, 0.5) is 0 Å². The molecule has 2 heterocycles. The fourth-order valence-corrected chi connectivity index (χ4v) is 4.06. The van der Waals surface area contributed by atoms with Gasteiger partial charge in [0, 0.05) is 43.6 Å². The van der Waals surface area contributed by atoms with Gasteiger partial charge in [-0.2, -0.15) is 0 Å². The van der Waals surface area contributed by atoms with Crippen molar-refractivity contribution in [2.24, 2.45) is 0 Å². The van der Waals surface area contributed by atoms with Crippen molar-refractivity contribution in [2.75, 3.05) is 0 Å². The molecule has 2 aromatic heterocycles. The molecule has 0 radical (unpaired) electrons. The van der Waals surface area contributed by atoms with Gasteiger partial charge in [-0.05, 0) is 47.5 Å². The summed E-state index contributed by atoms with van der Waals surface area (Å²) < 4.78 is 0. The molecular weight excluding hydrogens is 340 g/mol. The van der Waals surface area contributed by atoms with Crippen LogP contribution < -0.4 is 0 Å². The number of H-pyrrole nitrogens is 2. The minimum Gasteiger partial charge on any atom is -0.355 e. The number of hydrogen-bond acceptors (Lipinski definition) is 0. The van der Waals surface area contributed by atoms with E-state index in [0.29, 0.717) is 0 Å². The van der Waals surface area contributed by atoms with Gasteiger partial charge < -0.3 is 9.97 Å². The van der Waals surface area contributed by atoms with E-state index in [1.54, 1.807) is 0 Å². The van der Waals surface area contributed by atoms with Gasteiger partial charge in [0.1, 0.15) is 0 Å². The molecule has 0 aliphatic carbocycles. The standard InChI is InChI=1S/C24H16N2.C2H6/c1-3-7-21-17(5-1)19-13-15(9-11-23(19)25-21)16-10-12-24-20(14-16)18-6-2-4-8-22(18)26-24;1-2/h1-14,25-26H;1-2H3. The zero-order valence-corrected chi connectivity index (χ0v) is 16.1. The molecule has 0 saturated heterocycles. The summed E-state index contributed by atoms with van der Waals surface area (Å²) in [7, 11) is 0. The third kappa shape index (κ3) is 2.49. The van der Waals surface area contributed by atoms with Crippen molar-refractivity contribution in [3.63, 3.8) is 0 Å². The van der Waals surface area contributed by atoms with E-state index in [9.17, 15) is 0 Å². The van der Waals surface area contributed by atoms with Crippen LogP contribution in [0.25, 0.3) is 54.7 Å². The van der Waals surface area contributed by atoms with Crippen LogP contribution in [0, 0.1) is 0 Å². The topological polar surface area (TPSA) is 31.6 Å². The van der Waals surface area contributed by atoms with Crippen LogP contribution in [-0.4, -0.2) is 9.97 Å². The van der Waals surface area contributed by atoms with Gasteiger partial charge in [0.05, 0.1) is 0 Å². The maximum Gasteiger partial charge on any atom is 0.0465 e. The lowest BCUT2D eigenvalue weighted by Crippen LogP contribution is -1.78. The second-order valence-corrected chi connectivity index (χ2v) is 6.86. The summed E-state index contributed by atoms with van der Waals surface area (Å²) >= 11 is 0. The number of para-hydroxylation sites is 2. The molecule has 6 rings (SSSR count). The lowest BCUT2D eigenvalue weighted by atomic mass is 10.0. The first-order valence-corrected chi connectivity index (χ1v) is 9.88. The van der Waals surface area contributed by atoms with Crippen LogP contribution in [0.3, 0.4) is 0 Å². The number of fused-ring (bicyclic) bond motifs is 6. The highest BCUT2D eigenvalue weighted by molar-refractivity contribution is 6.10. The molecule has 0 aliphatic rings. The van der Waals surface area contributed by atoms with Gasteiger partial charge in [0.25, 0.3) is 0 Å². The molecule has 0 bridgehead atoms. The van der Waals surface area contributed by atoms with Crippen LogP contribution in [0.15, 0.2) is 84.9 Å². The smallest absolute Gasteiger partial charge is 0.0465 e. The predicted octanol–water partition coefficient (Wildman–Crippen LogP) is 7.65. The van der Waals surface area contributed by atoms with E-state index in [0.717, 1.165) is 0 Å². The highest BCUT2D eigenvalue weighted by Gasteiger charge is 2.08. The van der Waals surface area contributed by atoms with E-state index in [1.807, 2.05) is 13.8 Å². The Morgan fingerprint density at radius 3 is 1.29 bits per heavy atom. The molecule has 0 saturated carbocycles. The van der Waals surface area contributed by atoms with E-state index in [-0.39, 0.29) is 0 Å². The average Bonchev–Trinajstić information content (AvgIpc) is 3.32. The van der Waals surface area contributed by atoms with E-state index < -0.39 is 0 Å².